The summed E-state index contributed by atoms with van der Waals surface area (Å²) >= 11 is 4.94. The number of hydrogen-bond acceptors (Lipinski definition) is 15. The number of carboxylic acid groups (broad SMARTS) is 1. The van der Waals surface area contributed by atoms with Crippen molar-refractivity contribution in [1.82, 2.24) is 25.4 Å². The third-order valence-corrected chi connectivity index (χ3v) is 9.90. The second-order valence-electron chi connectivity index (χ2n) is 8.18. The van der Waals surface area contributed by atoms with Crippen LogP contribution < -0.4 is 11.1 Å². The number of thiazole rings is 1. The fourth-order valence-corrected chi connectivity index (χ4v) is 7.77. The number of benzene rings is 1. The number of rotatable bonds is 9. The first kappa shape index (κ1) is 27.7. The molecule has 1 fully saturated rings. The van der Waals surface area contributed by atoms with E-state index in [2.05, 4.69) is 25.7 Å². The van der Waals surface area contributed by atoms with Gasteiger partial charge in [-0.25, -0.2) is 9.78 Å². The van der Waals surface area contributed by atoms with Crippen molar-refractivity contribution in [2.75, 3.05) is 24.3 Å². The van der Waals surface area contributed by atoms with Crippen LogP contribution in [-0.4, -0.2) is 88.9 Å². The molecule has 0 bridgehead atoms. The number of fused-ring (bicyclic) bond motifs is 1. The van der Waals surface area contributed by atoms with Crippen molar-refractivity contribution in [3.05, 3.63) is 40.5 Å². The van der Waals surface area contributed by atoms with Crippen LogP contribution in [0, 0.1) is 0 Å². The van der Waals surface area contributed by atoms with E-state index in [1.54, 1.807) is 6.07 Å². The number of hydrogen-bond donors (Lipinski definition) is 5. The number of oxime groups is 1. The molecule has 0 aliphatic carbocycles. The number of phenols is 2. The number of nitrogens with zero attached hydrogens (tertiary/aromatic N) is 5. The predicted molar refractivity (Wildman–Crippen MR) is 149 cm³/mol. The van der Waals surface area contributed by atoms with Crippen LogP contribution >= 0.6 is 46.2 Å². The molecule has 0 radical (unpaired) electrons. The number of aromatic hydroxyl groups is 2. The van der Waals surface area contributed by atoms with Crippen molar-refractivity contribution in [2.24, 2.45) is 5.16 Å². The number of nitrogens with one attached hydrogen (secondary N) is 1. The summed E-state index contributed by atoms with van der Waals surface area (Å²) in [6.45, 7) is 0. The van der Waals surface area contributed by atoms with Crippen LogP contribution in [-0.2, 0) is 19.2 Å². The molecule has 1 saturated heterocycles. The molecule has 0 saturated carbocycles. The summed E-state index contributed by atoms with van der Waals surface area (Å²) in [6.07, 6.45) is 0. The quantitative estimate of drug-likeness (QED) is 0.0755. The lowest BCUT2D eigenvalue weighted by atomic mass is 10.0. The molecule has 0 spiro atoms. The van der Waals surface area contributed by atoms with Crippen molar-refractivity contribution >= 4 is 74.8 Å². The number of phenolic OH excluding ortho intramolecular Hbond substituents is 2. The number of carbonyl (C=O) groups excluding carboxylic acids is 2. The minimum absolute atomic E-state index is 0.127. The van der Waals surface area contributed by atoms with E-state index in [1.165, 1.54) is 64.4 Å². The van der Waals surface area contributed by atoms with Crippen molar-refractivity contribution in [3.8, 4) is 22.1 Å². The van der Waals surface area contributed by atoms with Crippen molar-refractivity contribution < 1.29 is 34.5 Å². The molecule has 14 nitrogen and oxygen atoms in total. The average Bonchev–Trinajstić information content (AvgIpc) is 3.59. The Kier molecular flexibility index (Phi) is 7.83. The molecule has 2 aromatic heterocycles. The van der Waals surface area contributed by atoms with Crippen LogP contribution in [0.1, 0.15) is 5.69 Å². The summed E-state index contributed by atoms with van der Waals surface area (Å²) in [5, 5.41) is 45.4. The molecule has 6 N–H and O–H groups in total. The highest BCUT2D eigenvalue weighted by Gasteiger charge is 2.54. The van der Waals surface area contributed by atoms with E-state index < -0.39 is 29.2 Å². The molecular formula is C22H19N7O7S4. The van der Waals surface area contributed by atoms with Gasteiger partial charge in [-0.15, -0.1) is 33.3 Å². The largest absolute Gasteiger partial charge is 0.504 e. The van der Waals surface area contributed by atoms with Crippen LogP contribution in [0.2, 0.25) is 0 Å². The molecule has 2 atom stereocenters. The molecular weight excluding hydrogens is 603 g/mol. The molecule has 40 heavy (non-hydrogen) atoms. The Morgan fingerprint density at radius 2 is 2.10 bits per heavy atom. The number of aromatic nitrogens is 3. The molecule has 208 valence electrons. The highest BCUT2D eigenvalue weighted by atomic mass is 32.2. The van der Waals surface area contributed by atoms with Gasteiger partial charge >= 0.3 is 5.97 Å². The fourth-order valence-electron chi connectivity index (χ4n) is 3.89. The lowest BCUT2D eigenvalue weighted by molar-refractivity contribution is -0.150. The second-order valence-corrected chi connectivity index (χ2v) is 12.4. The maximum atomic E-state index is 13.0. The minimum atomic E-state index is -1.25. The van der Waals surface area contributed by atoms with Crippen LogP contribution in [0.15, 0.2) is 44.3 Å². The summed E-state index contributed by atoms with van der Waals surface area (Å²) in [5.41, 5.74) is 6.64. The van der Waals surface area contributed by atoms with E-state index in [4.69, 9.17) is 10.6 Å². The van der Waals surface area contributed by atoms with E-state index in [0.29, 0.717) is 26.2 Å². The highest BCUT2D eigenvalue weighted by Crippen LogP contribution is 2.42. The van der Waals surface area contributed by atoms with Crippen LogP contribution in [0.4, 0.5) is 5.13 Å². The molecule has 2 aliphatic heterocycles. The minimum Gasteiger partial charge on any atom is -0.504 e. The Morgan fingerprint density at radius 1 is 1.30 bits per heavy atom. The maximum Gasteiger partial charge on any atom is 0.352 e. The second kappa shape index (κ2) is 11.3. The summed E-state index contributed by atoms with van der Waals surface area (Å²) in [7, 11) is 1.26. The standard InChI is InChI=1S/C22H19N7O7S4/c1-36-28-13(10-7-38-21(23)24-10)16(32)25-14-18(33)29-15(20(34)35)9(5-37-19(14)29)6-39-22-27-26-17(40-22)8-2-3-11(30)12(31)4-8/h2-4,7,14,19,30-31H,5-6H2,1H3,(H2,23,24)(H,25,32)(H,34,35)/t14-,19-/m1/s1. The van der Waals surface area contributed by atoms with Gasteiger partial charge in [0.25, 0.3) is 11.8 Å². The molecule has 2 amide bonds. The van der Waals surface area contributed by atoms with Gasteiger partial charge in [0, 0.05) is 22.4 Å². The number of thioether (sulfide) groups is 2. The molecule has 5 rings (SSSR count). The van der Waals surface area contributed by atoms with E-state index in [9.17, 15) is 29.7 Å². The number of amides is 2. The van der Waals surface area contributed by atoms with E-state index in [0.717, 1.165) is 11.3 Å². The Labute approximate surface area is 241 Å². The smallest absolute Gasteiger partial charge is 0.352 e. The molecule has 4 heterocycles. The third-order valence-electron chi connectivity index (χ3n) is 5.70. The van der Waals surface area contributed by atoms with Gasteiger partial charge in [0.2, 0.25) is 0 Å². The third kappa shape index (κ3) is 5.29. The zero-order valence-electron chi connectivity index (χ0n) is 20.3. The normalized spacial score (nSPS) is 18.8. The lowest BCUT2D eigenvalue weighted by Gasteiger charge is -2.49. The van der Waals surface area contributed by atoms with Gasteiger partial charge in [0.1, 0.15) is 34.9 Å². The molecule has 2 aliphatic rings. The van der Waals surface area contributed by atoms with Gasteiger partial charge in [0.05, 0.1) is 0 Å². The van der Waals surface area contributed by atoms with Crippen LogP contribution in [0.5, 0.6) is 11.5 Å². The number of anilines is 1. The Hall–Kier alpha value is -3.87. The first-order valence-electron chi connectivity index (χ1n) is 11.2. The molecule has 18 heteroatoms. The van der Waals surface area contributed by atoms with Gasteiger partial charge < -0.3 is 31.2 Å². The zero-order chi connectivity index (χ0) is 28.6. The summed E-state index contributed by atoms with van der Waals surface area (Å²) in [5.74, 6) is -2.50. The zero-order valence-corrected chi connectivity index (χ0v) is 23.6. The number of carboxylic acids is 1. The van der Waals surface area contributed by atoms with Crippen molar-refractivity contribution in [1.29, 1.82) is 0 Å². The van der Waals surface area contributed by atoms with Gasteiger partial charge in [-0.05, 0) is 23.8 Å². The van der Waals surface area contributed by atoms with E-state index >= 15 is 0 Å². The summed E-state index contributed by atoms with van der Waals surface area (Å²) < 4.78 is 0.555. The number of aliphatic carboxylic acids is 1. The number of nitrogen functional groups attached to an aromatic ring is 1. The summed E-state index contributed by atoms with van der Waals surface area (Å²) in [4.78, 5) is 48.1. The average molecular weight is 622 g/mol. The first-order chi connectivity index (χ1) is 19.2. The topological polar surface area (TPSA) is 213 Å². The van der Waals surface area contributed by atoms with Gasteiger partial charge in [-0.2, -0.15) is 0 Å². The lowest BCUT2D eigenvalue weighted by Crippen LogP contribution is -2.71. The Morgan fingerprint density at radius 3 is 2.77 bits per heavy atom. The van der Waals surface area contributed by atoms with Crippen molar-refractivity contribution in [2.45, 2.75) is 15.8 Å². The number of nitrogens with two attached hydrogens (primary N) is 1. The summed E-state index contributed by atoms with van der Waals surface area (Å²) in [6, 6.07) is 3.34. The van der Waals surface area contributed by atoms with Gasteiger partial charge in [-0.3, -0.25) is 14.5 Å². The predicted octanol–water partition coefficient (Wildman–Crippen LogP) is 1.54. The molecule has 1 aromatic carbocycles. The van der Waals surface area contributed by atoms with Crippen LogP contribution in [0.25, 0.3) is 10.6 Å². The SMILES string of the molecule is CON=C(C(=O)N[C@@H]1C(=O)N2C(C(=O)O)=C(CSc3nnc(-c4ccc(O)c(O)c4)s3)CS[C@H]12)c1csc(N)n1. The monoisotopic (exact) mass is 621 g/mol. The molecule has 0 unspecified atom stereocenters. The van der Waals surface area contributed by atoms with E-state index in [1.807, 2.05) is 0 Å². The highest BCUT2D eigenvalue weighted by molar-refractivity contribution is 8.01. The fraction of sp³-hybridized carbons (Fsp3) is 0.227. The maximum absolute atomic E-state index is 13.0. The van der Waals surface area contributed by atoms with Gasteiger partial charge in [0.15, 0.2) is 26.7 Å². The number of carbonyl (C=O) groups is 3. The Balaban J connectivity index is 1.28. The van der Waals surface area contributed by atoms with Crippen molar-refractivity contribution in [3.63, 3.8) is 0 Å². The van der Waals surface area contributed by atoms with Gasteiger partial charge in [-0.1, -0.05) is 28.3 Å². The first-order valence-corrected chi connectivity index (χ1v) is 14.9. The molecule has 3 aromatic rings. The Bertz CT molecular complexity index is 1570. The number of β-lactam (4-membered cyclic amide) rings is 1. The van der Waals surface area contributed by atoms with E-state index in [-0.39, 0.29) is 39.5 Å². The van der Waals surface area contributed by atoms with Crippen LogP contribution in [0.3, 0.4) is 0 Å².